The molecule has 0 aromatic heterocycles. The van der Waals surface area contributed by atoms with Gasteiger partial charge >= 0.3 is 0 Å². The molecule has 1 saturated heterocycles. The summed E-state index contributed by atoms with van der Waals surface area (Å²) in [7, 11) is 4.41. The molecule has 1 aromatic carbocycles. The molecule has 7 heteroatoms. The van der Waals surface area contributed by atoms with E-state index in [4.69, 9.17) is 14.2 Å². The number of carbonyl (C=O) groups excluding carboxylic acids is 1. The third kappa shape index (κ3) is 2.46. The molecular formula is C17H21F2NO4. The lowest BCUT2D eigenvalue weighted by Gasteiger charge is -2.32. The van der Waals surface area contributed by atoms with Crippen LogP contribution in [0, 0.1) is 5.41 Å². The third-order valence-corrected chi connectivity index (χ3v) is 5.15. The number of likely N-dealkylation sites (tertiary alicyclic amines) is 1. The van der Waals surface area contributed by atoms with Crippen molar-refractivity contribution < 1.29 is 27.8 Å². The number of benzene rings is 1. The lowest BCUT2D eigenvalue weighted by molar-refractivity contribution is 0.0283. The molecule has 2 aliphatic rings. The number of carbonyl (C=O) groups is 1. The van der Waals surface area contributed by atoms with Gasteiger partial charge in [0, 0.05) is 24.9 Å². The predicted molar refractivity (Wildman–Crippen MR) is 83.2 cm³/mol. The summed E-state index contributed by atoms with van der Waals surface area (Å²) in [6, 6.07) is 3.24. The van der Waals surface area contributed by atoms with E-state index in [1.807, 2.05) is 0 Å². The Morgan fingerprint density at radius 2 is 1.62 bits per heavy atom. The molecular weight excluding hydrogens is 320 g/mol. The first-order chi connectivity index (χ1) is 11.4. The summed E-state index contributed by atoms with van der Waals surface area (Å²) >= 11 is 0. The van der Waals surface area contributed by atoms with Crippen molar-refractivity contribution in [3.8, 4) is 17.2 Å². The molecule has 0 unspecified atom stereocenters. The van der Waals surface area contributed by atoms with E-state index in [1.165, 1.54) is 21.3 Å². The van der Waals surface area contributed by atoms with Crippen molar-refractivity contribution in [1.29, 1.82) is 0 Å². The summed E-state index contributed by atoms with van der Waals surface area (Å²) in [4.78, 5) is 14.4. The highest BCUT2D eigenvalue weighted by Gasteiger charge is 2.70. The van der Waals surface area contributed by atoms with Crippen LogP contribution in [0.25, 0.3) is 0 Å². The molecule has 1 aliphatic heterocycles. The zero-order valence-corrected chi connectivity index (χ0v) is 14.0. The minimum atomic E-state index is -2.57. The van der Waals surface area contributed by atoms with Gasteiger partial charge in [0.05, 0.1) is 26.9 Å². The largest absolute Gasteiger partial charge is 0.493 e. The number of rotatable bonds is 4. The van der Waals surface area contributed by atoms with Crippen LogP contribution in [0.15, 0.2) is 12.1 Å². The van der Waals surface area contributed by atoms with E-state index in [0.29, 0.717) is 48.7 Å². The molecule has 0 N–H and O–H groups in total. The molecule has 1 spiro atoms. The maximum absolute atomic E-state index is 13.5. The summed E-state index contributed by atoms with van der Waals surface area (Å²) in [5, 5.41) is 0. The summed E-state index contributed by atoms with van der Waals surface area (Å²) in [5.74, 6) is -1.72. The van der Waals surface area contributed by atoms with E-state index in [1.54, 1.807) is 17.0 Å². The lowest BCUT2D eigenvalue weighted by atomic mass is 9.92. The molecule has 24 heavy (non-hydrogen) atoms. The molecule has 3 rings (SSSR count). The molecule has 1 amide bonds. The zero-order valence-electron chi connectivity index (χ0n) is 14.0. The normalized spacial score (nSPS) is 20.6. The lowest BCUT2D eigenvalue weighted by Crippen LogP contribution is -2.40. The van der Waals surface area contributed by atoms with E-state index < -0.39 is 11.3 Å². The van der Waals surface area contributed by atoms with Crippen LogP contribution in [0.3, 0.4) is 0 Å². The molecule has 0 atom stereocenters. The van der Waals surface area contributed by atoms with E-state index in [9.17, 15) is 13.6 Å². The van der Waals surface area contributed by atoms with Gasteiger partial charge in [0.25, 0.3) is 11.8 Å². The van der Waals surface area contributed by atoms with Crippen molar-refractivity contribution >= 4 is 5.91 Å². The number of alkyl halides is 2. The van der Waals surface area contributed by atoms with Crippen molar-refractivity contribution in [2.75, 3.05) is 34.4 Å². The summed E-state index contributed by atoms with van der Waals surface area (Å²) in [6.45, 7) is 0.651. The minimum Gasteiger partial charge on any atom is -0.493 e. The summed E-state index contributed by atoms with van der Waals surface area (Å²) in [6.07, 6.45) is 0.615. The maximum atomic E-state index is 13.5. The van der Waals surface area contributed by atoms with E-state index in [0.717, 1.165) is 0 Å². The van der Waals surface area contributed by atoms with Crippen molar-refractivity contribution in [3.63, 3.8) is 0 Å². The molecule has 0 bridgehead atoms. The zero-order chi connectivity index (χ0) is 17.5. The standard InChI is InChI=1S/C17H21F2NO4/c1-22-12-5-4-11(13(23-2)14(12)24-3)15(21)20-8-6-16(7-9-20)10-17(16,18)19/h4-5H,6-10H2,1-3H3. The van der Waals surface area contributed by atoms with Crippen LogP contribution in [-0.4, -0.2) is 51.1 Å². The first-order valence-electron chi connectivity index (χ1n) is 7.85. The molecule has 0 radical (unpaired) electrons. The second-order valence-electron chi connectivity index (χ2n) is 6.34. The number of nitrogens with zero attached hydrogens (tertiary/aromatic N) is 1. The van der Waals surface area contributed by atoms with Gasteiger partial charge in [-0.2, -0.15) is 0 Å². The minimum absolute atomic E-state index is 0.0539. The molecule has 1 aromatic rings. The van der Waals surface area contributed by atoms with E-state index in [2.05, 4.69) is 0 Å². The van der Waals surface area contributed by atoms with Crippen LogP contribution in [0.5, 0.6) is 17.2 Å². The van der Waals surface area contributed by atoms with Gasteiger partial charge in [0.2, 0.25) is 5.75 Å². The Labute approximate surface area is 139 Å². The fraction of sp³-hybridized carbons (Fsp3) is 0.588. The second-order valence-corrected chi connectivity index (χ2v) is 6.34. The molecule has 5 nitrogen and oxygen atoms in total. The second kappa shape index (κ2) is 5.79. The Morgan fingerprint density at radius 3 is 2.08 bits per heavy atom. The highest BCUT2D eigenvalue weighted by atomic mass is 19.3. The topological polar surface area (TPSA) is 48.0 Å². The van der Waals surface area contributed by atoms with Crippen LogP contribution in [-0.2, 0) is 0 Å². The summed E-state index contributed by atoms with van der Waals surface area (Å²) in [5.41, 5.74) is -0.542. The van der Waals surface area contributed by atoms with Gasteiger partial charge < -0.3 is 19.1 Å². The van der Waals surface area contributed by atoms with Crippen LogP contribution < -0.4 is 14.2 Å². The Balaban J connectivity index is 1.81. The van der Waals surface area contributed by atoms with Crippen LogP contribution in [0.1, 0.15) is 29.6 Å². The van der Waals surface area contributed by atoms with Crippen molar-refractivity contribution in [3.05, 3.63) is 17.7 Å². The molecule has 1 saturated carbocycles. The molecule has 1 heterocycles. The Hall–Kier alpha value is -2.05. The highest BCUT2D eigenvalue weighted by molar-refractivity contribution is 5.98. The first kappa shape index (κ1) is 16.8. The quantitative estimate of drug-likeness (QED) is 0.845. The third-order valence-electron chi connectivity index (χ3n) is 5.15. The molecule has 132 valence electrons. The number of hydrogen-bond donors (Lipinski definition) is 0. The van der Waals surface area contributed by atoms with Crippen molar-refractivity contribution in [2.45, 2.75) is 25.2 Å². The van der Waals surface area contributed by atoms with Gasteiger partial charge in [0.15, 0.2) is 11.5 Å². The van der Waals surface area contributed by atoms with E-state index >= 15 is 0 Å². The Bertz CT molecular complexity index is 654. The number of methoxy groups -OCH3 is 3. The van der Waals surface area contributed by atoms with Crippen LogP contribution >= 0.6 is 0 Å². The maximum Gasteiger partial charge on any atom is 0.257 e. The van der Waals surface area contributed by atoms with Gasteiger partial charge in [-0.25, -0.2) is 8.78 Å². The van der Waals surface area contributed by atoms with Crippen molar-refractivity contribution in [1.82, 2.24) is 4.90 Å². The van der Waals surface area contributed by atoms with E-state index in [-0.39, 0.29) is 12.3 Å². The van der Waals surface area contributed by atoms with Crippen LogP contribution in [0.2, 0.25) is 0 Å². The van der Waals surface area contributed by atoms with Gasteiger partial charge in [-0.05, 0) is 25.0 Å². The number of amides is 1. The van der Waals surface area contributed by atoms with Gasteiger partial charge in [0.1, 0.15) is 0 Å². The molecule has 1 aliphatic carbocycles. The predicted octanol–water partition coefficient (Wildman–Crippen LogP) is 2.97. The van der Waals surface area contributed by atoms with Gasteiger partial charge in [-0.15, -0.1) is 0 Å². The Kier molecular flexibility index (Phi) is 4.05. The summed E-state index contributed by atoms with van der Waals surface area (Å²) < 4.78 is 42.8. The number of ether oxygens (including phenoxy) is 3. The number of halogens is 2. The van der Waals surface area contributed by atoms with Gasteiger partial charge in [-0.1, -0.05) is 0 Å². The Morgan fingerprint density at radius 1 is 1.04 bits per heavy atom. The smallest absolute Gasteiger partial charge is 0.257 e. The SMILES string of the molecule is COc1ccc(C(=O)N2CCC3(CC2)CC3(F)F)c(OC)c1OC. The molecule has 2 fully saturated rings. The fourth-order valence-electron chi connectivity index (χ4n) is 3.50. The van der Waals surface area contributed by atoms with Gasteiger partial charge in [-0.3, -0.25) is 4.79 Å². The first-order valence-corrected chi connectivity index (χ1v) is 7.85. The van der Waals surface area contributed by atoms with Crippen molar-refractivity contribution in [2.24, 2.45) is 5.41 Å². The number of piperidine rings is 1. The number of hydrogen-bond acceptors (Lipinski definition) is 4. The average molecular weight is 341 g/mol. The highest BCUT2D eigenvalue weighted by Crippen LogP contribution is 2.65. The fourth-order valence-corrected chi connectivity index (χ4v) is 3.50. The van der Waals surface area contributed by atoms with Crippen LogP contribution in [0.4, 0.5) is 8.78 Å². The average Bonchev–Trinajstić information content (AvgIpc) is 3.12. The monoisotopic (exact) mass is 341 g/mol.